The van der Waals surface area contributed by atoms with E-state index < -0.39 is 17.8 Å². The largest absolute Gasteiger partial charge is 0.416 e. The van der Waals surface area contributed by atoms with Crippen LogP contribution in [0.5, 0.6) is 0 Å². The van der Waals surface area contributed by atoms with E-state index in [1.165, 1.54) is 12.1 Å². The number of aromatic nitrogens is 2. The number of nitrogens with zero attached hydrogens (tertiary/aromatic N) is 2. The number of carbonyl (C=O) groups excluding carboxylic acids is 1. The van der Waals surface area contributed by atoms with E-state index in [0.717, 1.165) is 23.2 Å². The molecule has 0 fully saturated rings. The van der Waals surface area contributed by atoms with E-state index in [1.807, 2.05) is 59.2 Å². The maximum atomic E-state index is 12.9. The molecule has 30 heavy (non-hydrogen) atoms. The quantitative estimate of drug-likeness (QED) is 0.450. The monoisotopic (exact) mass is 410 g/mol. The second kappa shape index (κ2) is 7.90. The lowest BCUT2D eigenvalue weighted by atomic mass is 10.2. The predicted molar refractivity (Wildman–Crippen MR) is 109 cm³/mol. The number of benzene rings is 3. The average molecular weight is 410 g/mol. The van der Waals surface area contributed by atoms with Crippen molar-refractivity contribution < 1.29 is 18.0 Å². The Balaban J connectivity index is 1.59. The van der Waals surface area contributed by atoms with Crippen LogP contribution >= 0.6 is 0 Å². The molecular formula is C22H17F3N4O. The second-order valence-corrected chi connectivity index (χ2v) is 6.65. The molecule has 4 rings (SSSR count). The van der Waals surface area contributed by atoms with Crippen LogP contribution in [0.2, 0.25) is 0 Å². The molecular weight excluding hydrogens is 393 g/mol. The number of urea groups is 1. The first kappa shape index (κ1) is 19.5. The molecule has 2 amide bonds. The van der Waals surface area contributed by atoms with E-state index in [0.29, 0.717) is 18.0 Å². The van der Waals surface area contributed by atoms with Gasteiger partial charge in [-0.3, -0.25) is 5.32 Å². The highest BCUT2D eigenvalue weighted by Gasteiger charge is 2.30. The van der Waals surface area contributed by atoms with Crippen molar-refractivity contribution in [2.24, 2.45) is 0 Å². The molecule has 8 heteroatoms. The summed E-state index contributed by atoms with van der Waals surface area (Å²) in [5, 5.41) is 5.08. The lowest BCUT2D eigenvalue weighted by Gasteiger charge is -2.12. The average Bonchev–Trinajstić information content (AvgIpc) is 3.05. The van der Waals surface area contributed by atoms with Gasteiger partial charge < -0.3 is 9.88 Å². The molecule has 1 aromatic heterocycles. The van der Waals surface area contributed by atoms with Gasteiger partial charge in [0.2, 0.25) is 5.95 Å². The maximum absolute atomic E-state index is 12.9. The Hall–Kier alpha value is -3.81. The molecule has 5 nitrogen and oxygen atoms in total. The van der Waals surface area contributed by atoms with Gasteiger partial charge in [-0.15, -0.1) is 0 Å². The normalized spacial score (nSPS) is 11.4. The van der Waals surface area contributed by atoms with Gasteiger partial charge in [0.05, 0.1) is 23.1 Å². The van der Waals surface area contributed by atoms with Crippen LogP contribution in [0.25, 0.3) is 11.0 Å². The summed E-state index contributed by atoms with van der Waals surface area (Å²) in [5.41, 5.74) is 1.74. The Morgan fingerprint density at radius 2 is 1.63 bits per heavy atom. The number of amides is 2. The number of hydrogen-bond donors (Lipinski definition) is 2. The Kier molecular flexibility index (Phi) is 5.14. The van der Waals surface area contributed by atoms with Gasteiger partial charge in [-0.25, -0.2) is 9.78 Å². The van der Waals surface area contributed by atoms with Crippen molar-refractivity contribution in [3.8, 4) is 0 Å². The first-order valence-electron chi connectivity index (χ1n) is 9.14. The van der Waals surface area contributed by atoms with Gasteiger partial charge in [-0.2, -0.15) is 13.2 Å². The smallest absolute Gasteiger partial charge is 0.308 e. The zero-order valence-corrected chi connectivity index (χ0v) is 15.6. The maximum Gasteiger partial charge on any atom is 0.416 e. The molecule has 0 saturated heterocycles. The summed E-state index contributed by atoms with van der Waals surface area (Å²) >= 11 is 0. The van der Waals surface area contributed by atoms with Crippen LogP contribution in [0.4, 0.5) is 29.6 Å². The highest BCUT2D eigenvalue weighted by Crippen LogP contribution is 2.30. The fourth-order valence-corrected chi connectivity index (χ4v) is 3.13. The van der Waals surface area contributed by atoms with Crippen molar-refractivity contribution in [1.82, 2.24) is 9.55 Å². The second-order valence-electron chi connectivity index (χ2n) is 6.65. The molecule has 0 aliphatic carbocycles. The van der Waals surface area contributed by atoms with E-state index in [-0.39, 0.29) is 5.69 Å². The van der Waals surface area contributed by atoms with Gasteiger partial charge in [0.1, 0.15) is 0 Å². The van der Waals surface area contributed by atoms with Crippen LogP contribution in [0.1, 0.15) is 11.1 Å². The third kappa shape index (κ3) is 4.27. The SMILES string of the molecule is O=C(Nc1cccc(C(F)(F)F)c1)Nc1nc2ccccc2n1Cc1ccccc1. The molecule has 152 valence electrons. The zero-order valence-electron chi connectivity index (χ0n) is 15.6. The van der Waals surface area contributed by atoms with Crippen LogP contribution in [-0.2, 0) is 12.7 Å². The number of rotatable bonds is 4. The lowest BCUT2D eigenvalue weighted by Crippen LogP contribution is -2.22. The highest BCUT2D eigenvalue weighted by molar-refractivity contribution is 5.99. The summed E-state index contributed by atoms with van der Waals surface area (Å²) in [7, 11) is 0. The molecule has 0 aliphatic heterocycles. The summed E-state index contributed by atoms with van der Waals surface area (Å²) in [6.45, 7) is 0.473. The number of carbonyl (C=O) groups is 1. The van der Waals surface area contributed by atoms with Gasteiger partial charge in [0.15, 0.2) is 0 Å². The summed E-state index contributed by atoms with van der Waals surface area (Å²) in [4.78, 5) is 16.9. The number of halogens is 3. The van der Waals surface area contributed by atoms with Crippen LogP contribution in [0.15, 0.2) is 78.9 Å². The van der Waals surface area contributed by atoms with Crippen molar-refractivity contribution in [2.45, 2.75) is 12.7 Å². The standard InChI is InChI=1S/C22H17F3N4O/c23-22(24,25)16-9-6-10-17(13-16)26-21(30)28-20-27-18-11-4-5-12-19(18)29(20)14-15-7-2-1-3-8-15/h1-13H,14H2,(H2,26,27,28,30). The Bertz CT molecular complexity index is 1190. The molecule has 0 bridgehead atoms. The van der Waals surface area contributed by atoms with Gasteiger partial charge in [0, 0.05) is 5.69 Å². The molecule has 0 radical (unpaired) electrons. The summed E-state index contributed by atoms with van der Waals surface area (Å²) < 4.78 is 40.5. The van der Waals surface area contributed by atoms with E-state index in [9.17, 15) is 18.0 Å². The van der Waals surface area contributed by atoms with E-state index in [1.54, 1.807) is 0 Å². The summed E-state index contributed by atoms with van der Waals surface area (Å²) in [5.74, 6) is 0.296. The van der Waals surface area contributed by atoms with Gasteiger partial charge in [-0.1, -0.05) is 48.5 Å². The first-order valence-corrected chi connectivity index (χ1v) is 9.14. The van der Waals surface area contributed by atoms with Crippen LogP contribution < -0.4 is 10.6 Å². The number of hydrogen-bond acceptors (Lipinski definition) is 2. The molecule has 0 atom stereocenters. The molecule has 3 aromatic carbocycles. The lowest BCUT2D eigenvalue weighted by molar-refractivity contribution is -0.137. The van der Waals surface area contributed by atoms with Gasteiger partial charge >= 0.3 is 12.2 Å². The predicted octanol–water partition coefficient (Wildman–Crippen LogP) is 5.75. The summed E-state index contributed by atoms with van der Waals surface area (Å²) in [6, 6.07) is 20.9. The minimum absolute atomic E-state index is 0.0352. The molecule has 0 aliphatic rings. The van der Waals surface area contributed by atoms with Crippen molar-refractivity contribution in [2.75, 3.05) is 10.6 Å². The fourth-order valence-electron chi connectivity index (χ4n) is 3.13. The van der Waals surface area contributed by atoms with Gasteiger partial charge in [-0.05, 0) is 35.9 Å². The van der Waals surface area contributed by atoms with Crippen LogP contribution in [0, 0.1) is 0 Å². The molecule has 0 unspecified atom stereocenters. The number of imidazole rings is 1. The number of nitrogens with one attached hydrogen (secondary N) is 2. The third-order valence-corrected chi connectivity index (χ3v) is 4.51. The first-order chi connectivity index (χ1) is 14.4. The Morgan fingerprint density at radius 1 is 0.900 bits per heavy atom. The van der Waals surface area contributed by atoms with Crippen molar-refractivity contribution in [3.05, 3.63) is 90.0 Å². The molecule has 2 N–H and O–H groups in total. The number of fused-ring (bicyclic) bond motifs is 1. The van der Waals surface area contributed by atoms with Crippen molar-refractivity contribution >= 4 is 28.7 Å². The van der Waals surface area contributed by atoms with Crippen LogP contribution in [-0.4, -0.2) is 15.6 Å². The topological polar surface area (TPSA) is 59.0 Å². The third-order valence-electron chi connectivity index (χ3n) is 4.51. The van der Waals surface area contributed by atoms with Gasteiger partial charge in [0.25, 0.3) is 0 Å². The fraction of sp³-hybridized carbons (Fsp3) is 0.0909. The number of para-hydroxylation sites is 2. The van der Waals surface area contributed by atoms with Crippen LogP contribution in [0.3, 0.4) is 0 Å². The Labute approximate surface area is 170 Å². The zero-order chi connectivity index (χ0) is 21.1. The highest BCUT2D eigenvalue weighted by atomic mass is 19.4. The minimum atomic E-state index is -4.49. The number of anilines is 2. The van der Waals surface area contributed by atoms with E-state index in [2.05, 4.69) is 15.6 Å². The van der Waals surface area contributed by atoms with E-state index >= 15 is 0 Å². The number of alkyl halides is 3. The molecule has 4 aromatic rings. The Morgan fingerprint density at radius 3 is 2.40 bits per heavy atom. The van der Waals surface area contributed by atoms with Crippen molar-refractivity contribution in [3.63, 3.8) is 0 Å². The molecule has 0 spiro atoms. The molecule has 0 saturated carbocycles. The molecule has 1 heterocycles. The van der Waals surface area contributed by atoms with E-state index in [4.69, 9.17) is 0 Å². The van der Waals surface area contributed by atoms with Crippen molar-refractivity contribution in [1.29, 1.82) is 0 Å². The minimum Gasteiger partial charge on any atom is -0.308 e. The summed E-state index contributed by atoms with van der Waals surface area (Å²) in [6.07, 6.45) is -4.49.